The zero-order chi connectivity index (χ0) is 26.2. The molecule has 0 radical (unpaired) electrons. The van der Waals surface area contributed by atoms with E-state index in [1.807, 2.05) is 53.1 Å². The van der Waals surface area contributed by atoms with E-state index < -0.39 is 18.0 Å². The number of hydrogen-bond acceptors (Lipinski definition) is 4. The number of carbonyl (C=O) groups is 1. The Balaban J connectivity index is 1.48. The lowest BCUT2D eigenvalue weighted by atomic mass is 10.2. The van der Waals surface area contributed by atoms with Gasteiger partial charge in [0.05, 0.1) is 23.3 Å². The van der Waals surface area contributed by atoms with E-state index in [4.69, 9.17) is 16.6 Å². The van der Waals surface area contributed by atoms with Gasteiger partial charge in [-0.2, -0.15) is 9.78 Å². The molecular weight excluding hydrogens is 507 g/mol. The Morgan fingerprint density at radius 1 is 1.03 bits per heavy atom. The molecule has 0 saturated carbocycles. The molecule has 0 aliphatic carbocycles. The van der Waals surface area contributed by atoms with E-state index in [1.165, 1.54) is 16.8 Å². The number of carbonyl (C=O) groups excluding carboxylic acids is 1. The van der Waals surface area contributed by atoms with E-state index in [9.17, 15) is 18.0 Å². The van der Waals surface area contributed by atoms with E-state index in [-0.39, 0.29) is 5.56 Å². The molecule has 0 bridgehead atoms. The van der Waals surface area contributed by atoms with Crippen LogP contribution < -0.4 is 10.1 Å². The van der Waals surface area contributed by atoms with Gasteiger partial charge in [0.2, 0.25) is 5.95 Å². The minimum absolute atomic E-state index is 0.148. The summed E-state index contributed by atoms with van der Waals surface area (Å²) in [5.74, 6) is -0.111. The number of halogens is 4. The molecule has 1 N–H and O–H groups in total. The van der Waals surface area contributed by atoms with Crippen molar-refractivity contribution in [1.82, 2.24) is 19.3 Å². The van der Waals surface area contributed by atoms with E-state index in [0.717, 1.165) is 28.7 Å². The van der Waals surface area contributed by atoms with Crippen molar-refractivity contribution in [3.63, 3.8) is 0 Å². The third kappa shape index (κ3) is 5.44. The molecule has 11 heteroatoms. The van der Waals surface area contributed by atoms with Crippen molar-refractivity contribution in [1.29, 1.82) is 0 Å². The monoisotopic (exact) mass is 525 g/mol. The molecule has 37 heavy (non-hydrogen) atoms. The lowest BCUT2D eigenvalue weighted by molar-refractivity contribution is -0.274. The smallest absolute Gasteiger partial charge is 0.406 e. The molecule has 0 fully saturated rings. The molecule has 0 atom stereocenters. The van der Waals surface area contributed by atoms with Crippen LogP contribution >= 0.6 is 11.6 Å². The Bertz CT molecular complexity index is 1580. The van der Waals surface area contributed by atoms with Gasteiger partial charge in [-0.15, -0.1) is 13.2 Å². The second-order valence-corrected chi connectivity index (χ2v) is 8.66. The first-order valence-corrected chi connectivity index (χ1v) is 11.5. The summed E-state index contributed by atoms with van der Waals surface area (Å²) < 4.78 is 44.7. The van der Waals surface area contributed by atoms with Gasteiger partial charge in [0.15, 0.2) is 0 Å². The Kier molecular flexibility index (Phi) is 6.34. The molecule has 2 heterocycles. The highest BCUT2D eigenvalue weighted by molar-refractivity contribution is 6.30. The molecule has 0 aliphatic rings. The first kappa shape index (κ1) is 24.4. The summed E-state index contributed by atoms with van der Waals surface area (Å²) in [5.41, 5.74) is 3.39. The van der Waals surface area contributed by atoms with Gasteiger partial charge in [-0.1, -0.05) is 35.9 Å². The predicted octanol–water partition coefficient (Wildman–Crippen LogP) is 6.38. The van der Waals surface area contributed by atoms with Crippen LogP contribution in [0.5, 0.6) is 5.75 Å². The van der Waals surface area contributed by atoms with Crippen molar-refractivity contribution in [2.24, 2.45) is 0 Å². The number of benzene rings is 3. The maximum Gasteiger partial charge on any atom is 0.573 e. The molecule has 7 nitrogen and oxygen atoms in total. The van der Waals surface area contributed by atoms with Crippen molar-refractivity contribution in [2.75, 3.05) is 5.32 Å². The summed E-state index contributed by atoms with van der Waals surface area (Å²) in [6.45, 7) is 2.25. The zero-order valence-electron chi connectivity index (χ0n) is 19.3. The van der Waals surface area contributed by atoms with E-state index >= 15 is 0 Å². The highest BCUT2D eigenvalue weighted by atomic mass is 35.5. The SMILES string of the molecule is Cc1cc(NC(=O)c2ccc(OC(F)(F)F)cc2)n(-c2nc3ccccc3n2Cc2ccc(Cl)cc2)n1. The van der Waals surface area contributed by atoms with Gasteiger partial charge in [0, 0.05) is 16.7 Å². The zero-order valence-corrected chi connectivity index (χ0v) is 20.1. The number of aryl methyl sites for hydroxylation is 1. The quantitative estimate of drug-likeness (QED) is 0.279. The third-order valence-electron chi connectivity index (χ3n) is 5.50. The largest absolute Gasteiger partial charge is 0.573 e. The normalized spacial score (nSPS) is 11.6. The molecule has 0 saturated heterocycles. The number of nitrogens with zero attached hydrogens (tertiary/aromatic N) is 4. The van der Waals surface area contributed by atoms with Crippen LogP contribution in [0, 0.1) is 6.92 Å². The minimum Gasteiger partial charge on any atom is -0.406 e. The molecule has 2 aromatic heterocycles. The van der Waals surface area contributed by atoms with Crippen molar-refractivity contribution >= 4 is 34.4 Å². The number of nitrogens with one attached hydrogen (secondary N) is 1. The van der Waals surface area contributed by atoms with Crippen LogP contribution in [0.1, 0.15) is 21.6 Å². The van der Waals surface area contributed by atoms with Crippen LogP contribution in [0.2, 0.25) is 5.02 Å². The molecule has 0 spiro atoms. The van der Waals surface area contributed by atoms with Gasteiger partial charge in [-0.25, -0.2) is 4.98 Å². The van der Waals surface area contributed by atoms with E-state index in [0.29, 0.717) is 29.0 Å². The molecule has 188 valence electrons. The van der Waals surface area contributed by atoms with Crippen LogP contribution in [0.4, 0.5) is 19.0 Å². The number of rotatable bonds is 6. The summed E-state index contributed by atoms with van der Waals surface area (Å²) in [6.07, 6.45) is -4.81. The summed E-state index contributed by atoms with van der Waals surface area (Å²) in [5, 5.41) is 7.96. The summed E-state index contributed by atoms with van der Waals surface area (Å²) in [7, 11) is 0. The second-order valence-electron chi connectivity index (χ2n) is 8.22. The lowest BCUT2D eigenvalue weighted by Crippen LogP contribution is -2.18. The summed E-state index contributed by atoms with van der Waals surface area (Å²) in [4.78, 5) is 17.7. The van der Waals surface area contributed by atoms with Gasteiger partial charge >= 0.3 is 6.36 Å². The number of para-hydroxylation sites is 2. The lowest BCUT2D eigenvalue weighted by Gasteiger charge is -2.13. The highest BCUT2D eigenvalue weighted by Crippen LogP contribution is 2.26. The van der Waals surface area contributed by atoms with Gasteiger partial charge in [-0.05, 0) is 61.0 Å². The predicted molar refractivity (Wildman–Crippen MR) is 133 cm³/mol. The highest BCUT2D eigenvalue weighted by Gasteiger charge is 2.31. The fourth-order valence-electron chi connectivity index (χ4n) is 3.89. The number of amides is 1. The van der Waals surface area contributed by atoms with Crippen molar-refractivity contribution < 1.29 is 22.7 Å². The maximum atomic E-state index is 12.9. The molecular formula is C26H19ClF3N5O2. The first-order valence-electron chi connectivity index (χ1n) is 11.1. The van der Waals surface area contributed by atoms with E-state index in [1.54, 1.807) is 13.0 Å². The number of hydrogen-bond donors (Lipinski definition) is 1. The molecule has 0 unspecified atom stereocenters. The second kappa shape index (κ2) is 9.62. The summed E-state index contributed by atoms with van der Waals surface area (Å²) >= 11 is 6.04. The van der Waals surface area contributed by atoms with Gasteiger partial charge < -0.3 is 14.6 Å². The third-order valence-corrected chi connectivity index (χ3v) is 5.75. The van der Waals surface area contributed by atoms with Gasteiger partial charge in [-0.3, -0.25) is 4.79 Å². The molecule has 3 aromatic carbocycles. The number of imidazole rings is 1. The molecule has 5 rings (SSSR count). The van der Waals surface area contributed by atoms with Gasteiger partial charge in [0.1, 0.15) is 11.6 Å². The topological polar surface area (TPSA) is 74.0 Å². The standard InChI is InChI=1S/C26H19ClF3N5O2/c1-16-14-23(32-24(36)18-8-12-20(13-9-18)37-26(28,29)30)35(33-16)25-31-21-4-2-3-5-22(21)34(25)15-17-6-10-19(27)11-7-17/h2-14H,15H2,1H3,(H,32,36). The summed E-state index contributed by atoms with van der Waals surface area (Å²) in [6, 6.07) is 21.4. The minimum atomic E-state index is -4.81. The molecule has 0 aliphatic heterocycles. The van der Waals surface area contributed by atoms with Crippen LogP contribution in [-0.4, -0.2) is 31.6 Å². The Morgan fingerprint density at radius 3 is 2.43 bits per heavy atom. The Labute approximate surface area is 214 Å². The van der Waals surface area contributed by atoms with Crippen molar-refractivity contribution in [2.45, 2.75) is 19.8 Å². The van der Waals surface area contributed by atoms with Crippen molar-refractivity contribution in [3.8, 4) is 11.7 Å². The number of aromatic nitrogens is 4. The Hall–Kier alpha value is -4.31. The molecule has 5 aromatic rings. The number of anilines is 1. The van der Waals surface area contributed by atoms with Crippen LogP contribution in [0.25, 0.3) is 17.0 Å². The first-order chi connectivity index (χ1) is 17.7. The average Bonchev–Trinajstić information content (AvgIpc) is 3.39. The van der Waals surface area contributed by atoms with E-state index in [2.05, 4.69) is 15.2 Å². The number of fused-ring (bicyclic) bond motifs is 1. The van der Waals surface area contributed by atoms with Crippen LogP contribution in [0.3, 0.4) is 0 Å². The fraction of sp³-hybridized carbons (Fsp3) is 0.115. The molecule has 1 amide bonds. The number of alkyl halides is 3. The maximum absolute atomic E-state index is 12.9. The fourth-order valence-corrected chi connectivity index (χ4v) is 4.02. The van der Waals surface area contributed by atoms with Crippen LogP contribution in [0.15, 0.2) is 78.9 Å². The van der Waals surface area contributed by atoms with Crippen LogP contribution in [-0.2, 0) is 6.54 Å². The average molecular weight is 526 g/mol. The number of ether oxygens (including phenoxy) is 1. The van der Waals surface area contributed by atoms with Gasteiger partial charge in [0.25, 0.3) is 5.91 Å². The van der Waals surface area contributed by atoms with Crippen molar-refractivity contribution in [3.05, 3.63) is 101 Å². The Morgan fingerprint density at radius 2 is 1.73 bits per heavy atom.